The first-order valence-corrected chi connectivity index (χ1v) is 9.82. The van der Waals surface area contributed by atoms with E-state index in [1.807, 2.05) is 48.2 Å². The van der Waals surface area contributed by atoms with E-state index in [1.165, 1.54) is 11.3 Å². The highest BCUT2D eigenvalue weighted by Crippen LogP contribution is 2.29. The molecule has 3 heterocycles. The van der Waals surface area contributed by atoms with Gasteiger partial charge in [-0.1, -0.05) is 33.3 Å². The third kappa shape index (κ3) is 3.34. The number of carbonyl (C=O) groups excluding carboxylic acids is 1. The monoisotopic (exact) mass is 429 g/mol. The quantitative estimate of drug-likeness (QED) is 0.680. The molecule has 2 aromatic heterocycles. The summed E-state index contributed by atoms with van der Waals surface area (Å²) in [6.45, 7) is 2.70. The lowest BCUT2D eigenvalue weighted by atomic mass is 10.2. The summed E-state index contributed by atoms with van der Waals surface area (Å²) in [6, 6.07) is 11.3. The van der Waals surface area contributed by atoms with Gasteiger partial charge in [0.2, 0.25) is 11.0 Å². The molecule has 0 bridgehead atoms. The smallest absolute Gasteiger partial charge is 0.249 e. The molecular formula is C18H16BrN5OS. The molecule has 1 atom stereocenters. The Bertz CT molecular complexity index is 946. The Balaban J connectivity index is 1.47. The topological polar surface area (TPSA) is 71.0 Å². The standard InChI is InChI=1S/C18H16BrN5OS/c1-11-10-12(5-6-13(11)19)24-9-7-15(17(24)25)21-18-23-22-16(26-18)14-4-2-3-8-20-14/h2-6,8,10,15H,7,9H2,1H3,(H,21,23). The molecule has 8 heteroatoms. The van der Waals surface area contributed by atoms with Crippen molar-refractivity contribution in [1.82, 2.24) is 15.2 Å². The van der Waals surface area contributed by atoms with Gasteiger partial charge in [0, 0.05) is 22.9 Å². The fourth-order valence-corrected chi connectivity index (χ4v) is 3.91. The number of nitrogens with one attached hydrogen (secondary N) is 1. The van der Waals surface area contributed by atoms with Gasteiger partial charge in [-0.05, 0) is 49.2 Å². The first kappa shape index (κ1) is 17.1. The fraction of sp³-hybridized carbons (Fsp3) is 0.222. The second-order valence-electron chi connectivity index (χ2n) is 6.04. The van der Waals surface area contributed by atoms with Crippen LogP contribution in [0, 0.1) is 6.92 Å². The third-order valence-corrected chi connectivity index (χ3v) is 6.03. The molecule has 0 spiro atoms. The highest BCUT2D eigenvalue weighted by molar-refractivity contribution is 9.10. The van der Waals surface area contributed by atoms with Crippen LogP contribution < -0.4 is 10.2 Å². The number of halogens is 1. The molecule has 1 aromatic carbocycles. The largest absolute Gasteiger partial charge is 0.348 e. The van der Waals surface area contributed by atoms with E-state index in [0.29, 0.717) is 11.7 Å². The van der Waals surface area contributed by atoms with E-state index in [9.17, 15) is 4.79 Å². The molecule has 1 aliphatic heterocycles. The first-order valence-electron chi connectivity index (χ1n) is 8.21. The van der Waals surface area contributed by atoms with Gasteiger partial charge in [-0.3, -0.25) is 9.78 Å². The van der Waals surface area contributed by atoms with Crippen LogP contribution in [-0.2, 0) is 4.79 Å². The van der Waals surface area contributed by atoms with Gasteiger partial charge in [-0.2, -0.15) is 0 Å². The lowest BCUT2D eigenvalue weighted by Gasteiger charge is -2.18. The van der Waals surface area contributed by atoms with Crippen molar-refractivity contribution in [3.63, 3.8) is 0 Å². The van der Waals surface area contributed by atoms with Crippen LogP contribution in [0.3, 0.4) is 0 Å². The van der Waals surface area contributed by atoms with E-state index in [0.717, 1.165) is 32.8 Å². The normalized spacial score (nSPS) is 16.9. The summed E-state index contributed by atoms with van der Waals surface area (Å²) >= 11 is 4.90. The van der Waals surface area contributed by atoms with Gasteiger partial charge >= 0.3 is 0 Å². The molecular weight excluding hydrogens is 414 g/mol. The Kier molecular flexibility index (Phi) is 4.69. The van der Waals surface area contributed by atoms with Crippen molar-refractivity contribution in [3.05, 3.63) is 52.6 Å². The van der Waals surface area contributed by atoms with Crippen molar-refractivity contribution in [1.29, 1.82) is 0 Å². The zero-order valence-corrected chi connectivity index (χ0v) is 16.4. The number of pyridine rings is 1. The molecule has 0 saturated carbocycles. The lowest BCUT2D eigenvalue weighted by molar-refractivity contribution is -0.117. The molecule has 0 aliphatic carbocycles. The van der Waals surface area contributed by atoms with Crippen LogP contribution in [0.5, 0.6) is 0 Å². The summed E-state index contributed by atoms with van der Waals surface area (Å²) in [5.41, 5.74) is 2.81. The summed E-state index contributed by atoms with van der Waals surface area (Å²) in [5, 5.41) is 12.9. The van der Waals surface area contributed by atoms with Crippen LogP contribution in [-0.4, -0.2) is 33.7 Å². The number of nitrogens with zero attached hydrogens (tertiary/aromatic N) is 4. The maximum atomic E-state index is 12.8. The number of rotatable bonds is 4. The van der Waals surface area contributed by atoms with E-state index in [-0.39, 0.29) is 11.9 Å². The zero-order chi connectivity index (χ0) is 18.1. The molecule has 0 radical (unpaired) electrons. The van der Waals surface area contributed by atoms with Crippen LogP contribution in [0.15, 0.2) is 47.1 Å². The number of hydrogen-bond acceptors (Lipinski definition) is 6. The predicted molar refractivity (Wildman–Crippen MR) is 106 cm³/mol. The summed E-state index contributed by atoms with van der Waals surface area (Å²) in [6.07, 6.45) is 2.45. The molecule has 6 nitrogen and oxygen atoms in total. The lowest BCUT2D eigenvalue weighted by Crippen LogP contribution is -2.33. The van der Waals surface area contributed by atoms with E-state index in [4.69, 9.17) is 0 Å². The van der Waals surface area contributed by atoms with Gasteiger partial charge in [0.15, 0.2) is 5.01 Å². The maximum Gasteiger partial charge on any atom is 0.249 e. The first-order chi connectivity index (χ1) is 12.6. The molecule has 1 fully saturated rings. The van der Waals surface area contributed by atoms with E-state index in [2.05, 4.69) is 36.4 Å². The van der Waals surface area contributed by atoms with Crippen molar-refractivity contribution in [2.45, 2.75) is 19.4 Å². The van der Waals surface area contributed by atoms with Crippen LogP contribution in [0.1, 0.15) is 12.0 Å². The van der Waals surface area contributed by atoms with Crippen LogP contribution in [0.2, 0.25) is 0 Å². The minimum absolute atomic E-state index is 0.0568. The molecule has 4 rings (SSSR count). The molecule has 1 amide bonds. The van der Waals surface area contributed by atoms with E-state index in [1.54, 1.807) is 6.20 Å². The van der Waals surface area contributed by atoms with Crippen LogP contribution >= 0.6 is 27.3 Å². The molecule has 132 valence electrons. The summed E-state index contributed by atoms with van der Waals surface area (Å²) < 4.78 is 1.04. The Morgan fingerprint density at radius 3 is 2.92 bits per heavy atom. The minimum Gasteiger partial charge on any atom is -0.348 e. The molecule has 1 N–H and O–H groups in total. The second-order valence-corrected chi connectivity index (χ2v) is 7.87. The number of hydrogen-bond donors (Lipinski definition) is 1. The van der Waals surface area contributed by atoms with Crippen molar-refractivity contribution in [3.8, 4) is 10.7 Å². The highest BCUT2D eigenvalue weighted by Gasteiger charge is 2.33. The summed E-state index contributed by atoms with van der Waals surface area (Å²) in [5.74, 6) is 0.0568. The second kappa shape index (κ2) is 7.13. The Hall–Kier alpha value is -2.32. The minimum atomic E-state index is -0.288. The van der Waals surface area contributed by atoms with Gasteiger partial charge in [0.25, 0.3) is 0 Å². The Morgan fingerprint density at radius 2 is 2.15 bits per heavy atom. The molecule has 26 heavy (non-hydrogen) atoms. The fourth-order valence-electron chi connectivity index (χ4n) is 2.89. The summed E-state index contributed by atoms with van der Waals surface area (Å²) in [4.78, 5) is 18.9. The average molecular weight is 430 g/mol. The SMILES string of the molecule is Cc1cc(N2CCC(Nc3nnc(-c4ccccn4)s3)C2=O)ccc1Br. The van der Waals surface area contributed by atoms with Gasteiger partial charge in [0.05, 0.1) is 0 Å². The van der Waals surface area contributed by atoms with E-state index < -0.39 is 0 Å². The van der Waals surface area contributed by atoms with Crippen molar-refractivity contribution in [2.24, 2.45) is 0 Å². The van der Waals surface area contributed by atoms with E-state index >= 15 is 0 Å². The van der Waals surface area contributed by atoms with Gasteiger partial charge in [-0.25, -0.2) is 0 Å². The predicted octanol–water partition coefficient (Wildman–Crippen LogP) is 3.89. The summed E-state index contributed by atoms with van der Waals surface area (Å²) in [7, 11) is 0. The third-order valence-electron chi connectivity index (χ3n) is 4.27. The van der Waals surface area contributed by atoms with Crippen molar-refractivity contribution < 1.29 is 4.79 Å². The number of amides is 1. The van der Waals surface area contributed by atoms with Gasteiger partial charge in [-0.15, -0.1) is 10.2 Å². The average Bonchev–Trinajstić information content (AvgIpc) is 3.26. The Morgan fingerprint density at radius 1 is 1.27 bits per heavy atom. The molecule has 1 saturated heterocycles. The number of carbonyl (C=O) groups is 1. The number of aryl methyl sites for hydroxylation is 1. The van der Waals surface area contributed by atoms with Gasteiger partial charge in [0.1, 0.15) is 11.7 Å². The maximum absolute atomic E-state index is 12.8. The Labute approximate surface area is 163 Å². The van der Waals surface area contributed by atoms with Crippen LogP contribution in [0.4, 0.5) is 10.8 Å². The number of aromatic nitrogens is 3. The molecule has 1 unspecified atom stereocenters. The highest BCUT2D eigenvalue weighted by atomic mass is 79.9. The van der Waals surface area contributed by atoms with Gasteiger partial charge < -0.3 is 10.2 Å². The molecule has 3 aromatic rings. The number of benzene rings is 1. The van der Waals surface area contributed by atoms with Crippen LogP contribution in [0.25, 0.3) is 10.7 Å². The van der Waals surface area contributed by atoms with Crippen molar-refractivity contribution >= 4 is 44.0 Å². The molecule has 1 aliphatic rings. The zero-order valence-electron chi connectivity index (χ0n) is 14.0. The number of anilines is 2. The van der Waals surface area contributed by atoms with Crippen molar-refractivity contribution in [2.75, 3.05) is 16.8 Å².